The third kappa shape index (κ3) is 2.70. The van der Waals surface area contributed by atoms with Crippen LogP contribution in [0.3, 0.4) is 0 Å². The van der Waals surface area contributed by atoms with E-state index in [4.69, 9.17) is 0 Å². The number of benzene rings is 1. The fourth-order valence-corrected chi connectivity index (χ4v) is 5.02. The molecule has 1 N–H and O–H groups in total. The van der Waals surface area contributed by atoms with Gasteiger partial charge in [0.05, 0.1) is 0 Å². The molecule has 18 heavy (non-hydrogen) atoms. The summed E-state index contributed by atoms with van der Waals surface area (Å²) in [6.07, 6.45) is 2.34. The van der Waals surface area contributed by atoms with E-state index in [-0.39, 0.29) is 5.82 Å². The average molecular weight is 283 g/mol. The second-order valence-electron chi connectivity index (χ2n) is 5.12. The molecule has 2 aliphatic rings. The van der Waals surface area contributed by atoms with Crippen molar-refractivity contribution in [1.82, 2.24) is 5.32 Å². The highest BCUT2D eigenvalue weighted by Crippen LogP contribution is 2.38. The summed E-state index contributed by atoms with van der Waals surface area (Å²) >= 11 is 3.88. The number of rotatable bonds is 2. The van der Waals surface area contributed by atoms with Crippen molar-refractivity contribution in [3.8, 4) is 0 Å². The molecule has 0 aromatic heterocycles. The number of hydrogen-bond acceptors (Lipinski definition) is 3. The van der Waals surface area contributed by atoms with Crippen LogP contribution in [-0.4, -0.2) is 22.8 Å². The first-order valence-electron chi connectivity index (χ1n) is 6.52. The van der Waals surface area contributed by atoms with E-state index in [0.717, 1.165) is 23.0 Å². The Morgan fingerprint density at radius 1 is 1.39 bits per heavy atom. The molecule has 3 atom stereocenters. The summed E-state index contributed by atoms with van der Waals surface area (Å²) in [6, 6.07) is 6.14. The van der Waals surface area contributed by atoms with Crippen LogP contribution in [-0.2, 0) is 0 Å². The molecule has 3 unspecified atom stereocenters. The molecule has 2 heterocycles. The highest BCUT2D eigenvalue weighted by molar-refractivity contribution is 8.00. The molecule has 0 saturated carbocycles. The van der Waals surface area contributed by atoms with E-state index in [9.17, 15) is 4.39 Å². The molecule has 98 valence electrons. The maximum absolute atomic E-state index is 13.4. The van der Waals surface area contributed by atoms with Crippen molar-refractivity contribution < 1.29 is 4.39 Å². The van der Waals surface area contributed by atoms with Gasteiger partial charge in [0.2, 0.25) is 0 Å². The minimum atomic E-state index is -0.114. The number of fused-ring (bicyclic) bond motifs is 1. The zero-order valence-corrected chi connectivity index (χ0v) is 12.1. The lowest BCUT2D eigenvalue weighted by Crippen LogP contribution is -2.34. The van der Waals surface area contributed by atoms with E-state index in [1.54, 1.807) is 12.1 Å². The number of hydrogen-bond donors (Lipinski definition) is 1. The molecule has 0 radical (unpaired) electrons. The Balaban J connectivity index is 1.76. The van der Waals surface area contributed by atoms with Gasteiger partial charge in [0.1, 0.15) is 5.82 Å². The van der Waals surface area contributed by atoms with Gasteiger partial charge in [0.25, 0.3) is 0 Å². The number of nitrogens with one attached hydrogen (secondary N) is 1. The Hall–Kier alpha value is -0.190. The van der Waals surface area contributed by atoms with Crippen LogP contribution < -0.4 is 5.32 Å². The molecule has 0 amide bonds. The van der Waals surface area contributed by atoms with Crippen molar-refractivity contribution in [1.29, 1.82) is 0 Å². The molecule has 1 aromatic carbocycles. The van der Waals surface area contributed by atoms with Gasteiger partial charge in [0, 0.05) is 28.0 Å². The lowest BCUT2D eigenvalue weighted by Gasteiger charge is -2.28. The van der Waals surface area contributed by atoms with Gasteiger partial charge in [-0.2, -0.15) is 11.8 Å². The first-order chi connectivity index (χ1) is 8.72. The molecule has 0 spiro atoms. The topological polar surface area (TPSA) is 12.0 Å². The fraction of sp³-hybridized carbons (Fsp3) is 0.571. The molecule has 1 nitrogen and oxygen atoms in total. The summed E-state index contributed by atoms with van der Waals surface area (Å²) in [5, 5.41) is 4.49. The summed E-state index contributed by atoms with van der Waals surface area (Å²) in [5.41, 5.74) is 1.16. The van der Waals surface area contributed by atoms with Crippen LogP contribution in [0.25, 0.3) is 0 Å². The smallest absolute Gasteiger partial charge is 0.123 e. The van der Waals surface area contributed by atoms with Crippen LogP contribution >= 0.6 is 23.5 Å². The van der Waals surface area contributed by atoms with Gasteiger partial charge in [-0.3, -0.25) is 0 Å². The average Bonchev–Trinajstić information content (AvgIpc) is 2.76. The van der Waals surface area contributed by atoms with Crippen LogP contribution in [0.4, 0.5) is 4.39 Å². The fourth-order valence-electron chi connectivity index (χ4n) is 2.76. The zero-order valence-electron chi connectivity index (χ0n) is 10.5. The normalized spacial score (nSPS) is 31.3. The van der Waals surface area contributed by atoms with Crippen molar-refractivity contribution in [2.75, 3.05) is 11.5 Å². The Labute approximate surface area is 116 Å². The Morgan fingerprint density at radius 3 is 3.06 bits per heavy atom. The quantitative estimate of drug-likeness (QED) is 0.885. The van der Waals surface area contributed by atoms with Crippen LogP contribution in [0, 0.1) is 5.82 Å². The number of halogens is 1. The molecule has 0 aliphatic carbocycles. The Kier molecular flexibility index (Phi) is 3.87. The highest BCUT2D eigenvalue weighted by Gasteiger charge is 2.27. The molecule has 3 rings (SSSR count). The lowest BCUT2D eigenvalue weighted by atomic mass is 10.0. The van der Waals surface area contributed by atoms with Gasteiger partial charge in [-0.05, 0) is 42.4 Å². The molecule has 1 fully saturated rings. The summed E-state index contributed by atoms with van der Waals surface area (Å²) in [4.78, 5) is 1.25. The van der Waals surface area contributed by atoms with Crippen molar-refractivity contribution in [2.24, 2.45) is 0 Å². The van der Waals surface area contributed by atoms with Crippen molar-refractivity contribution >= 4 is 23.5 Å². The van der Waals surface area contributed by atoms with Crippen LogP contribution in [0.1, 0.15) is 31.4 Å². The molecule has 1 aromatic rings. The monoisotopic (exact) mass is 283 g/mol. The van der Waals surface area contributed by atoms with Gasteiger partial charge in [-0.25, -0.2) is 4.39 Å². The minimum Gasteiger partial charge on any atom is -0.306 e. The largest absolute Gasteiger partial charge is 0.306 e. The van der Waals surface area contributed by atoms with E-state index in [0.29, 0.717) is 12.1 Å². The van der Waals surface area contributed by atoms with Crippen LogP contribution in [0.15, 0.2) is 23.1 Å². The second-order valence-corrected chi connectivity index (χ2v) is 7.72. The summed E-state index contributed by atoms with van der Waals surface area (Å²) in [6.45, 7) is 2.29. The predicted molar refractivity (Wildman–Crippen MR) is 77.9 cm³/mol. The first-order valence-corrected chi connectivity index (χ1v) is 8.55. The van der Waals surface area contributed by atoms with Gasteiger partial charge in [0.15, 0.2) is 0 Å². The first kappa shape index (κ1) is 12.8. The van der Waals surface area contributed by atoms with Gasteiger partial charge < -0.3 is 5.32 Å². The highest BCUT2D eigenvalue weighted by atomic mass is 32.2. The predicted octanol–water partition coefficient (Wildman–Crippen LogP) is 3.85. The Bertz CT molecular complexity index is 438. The second kappa shape index (κ2) is 5.43. The van der Waals surface area contributed by atoms with Crippen molar-refractivity contribution in [3.05, 3.63) is 29.6 Å². The van der Waals surface area contributed by atoms with E-state index in [1.165, 1.54) is 17.1 Å². The maximum atomic E-state index is 13.4. The standard InChI is InChI=1S/C14H18FNS2/c1-9-6-11(8-18-9)16-13-4-5-17-14-3-2-10(15)7-12(13)14/h2-3,7,9,11,13,16H,4-6,8H2,1H3. The minimum absolute atomic E-state index is 0.114. The third-order valence-electron chi connectivity index (χ3n) is 3.65. The molecule has 0 bridgehead atoms. The molecular formula is C14H18FNS2. The zero-order chi connectivity index (χ0) is 12.5. The SMILES string of the molecule is CC1CC(NC2CCSc3ccc(F)cc32)CS1. The number of thioether (sulfide) groups is 2. The van der Waals surface area contributed by atoms with Crippen molar-refractivity contribution in [3.63, 3.8) is 0 Å². The van der Waals surface area contributed by atoms with Gasteiger partial charge in [-0.15, -0.1) is 11.8 Å². The van der Waals surface area contributed by atoms with Crippen LogP contribution in [0.2, 0.25) is 0 Å². The third-order valence-corrected chi connectivity index (χ3v) is 6.13. The Morgan fingerprint density at radius 2 is 2.28 bits per heavy atom. The molecular weight excluding hydrogens is 265 g/mol. The van der Waals surface area contributed by atoms with E-state index < -0.39 is 0 Å². The lowest BCUT2D eigenvalue weighted by molar-refractivity contribution is 0.434. The van der Waals surface area contributed by atoms with E-state index >= 15 is 0 Å². The van der Waals surface area contributed by atoms with E-state index in [1.807, 2.05) is 29.6 Å². The van der Waals surface area contributed by atoms with Gasteiger partial charge >= 0.3 is 0 Å². The summed E-state index contributed by atoms with van der Waals surface area (Å²) in [5.74, 6) is 2.21. The van der Waals surface area contributed by atoms with Crippen LogP contribution in [0.5, 0.6) is 0 Å². The summed E-state index contributed by atoms with van der Waals surface area (Å²) in [7, 11) is 0. The molecule has 1 saturated heterocycles. The van der Waals surface area contributed by atoms with E-state index in [2.05, 4.69) is 12.2 Å². The summed E-state index contributed by atoms with van der Waals surface area (Å²) < 4.78 is 13.4. The van der Waals surface area contributed by atoms with Crippen molar-refractivity contribution in [2.45, 2.75) is 42.0 Å². The molecule has 2 aliphatic heterocycles. The van der Waals surface area contributed by atoms with Gasteiger partial charge in [-0.1, -0.05) is 6.92 Å². The maximum Gasteiger partial charge on any atom is 0.123 e. The molecule has 4 heteroatoms.